The zero-order chi connectivity index (χ0) is 19.6. The van der Waals surface area contributed by atoms with Crippen LogP contribution in [0.1, 0.15) is 41.3 Å². The highest BCUT2D eigenvalue weighted by Gasteiger charge is 2.27. The molecule has 1 heterocycles. The molecule has 0 fully saturated rings. The van der Waals surface area contributed by atoms with Crippen molar-refractivity contribution < 1.29 is 19.1 Å². The molecule has 0 saturated carbocycles. The number of Topliss-reactive ketones (excluding diaryl/α,β-unsaturated/α-hetero) is 1. The van der Waals surface area contributed by atoms with Crippen LogP contribution in [0.4, 0.5) is 5.69 Å². The van der Waals surface area contributed by atoms with Crippen molar-refractivity contribution in [2.24, 2.45) is 0 Å². The Morgan fingerprint density at radius 3 is 2.59 bits per heavy atom. The molecule has 1 aliphatic heterocycles. The van der Waals surface area contributed by atoms with Gasteiger partial charge in [-0.15, -0.1) is 11.8 Å². The van der Waals surface area contributed by atoms with Crippen LogP contribution >= 0.6 is 11.8 Å². The number of nitrogens with one attached hydrogen (secondary N) is 1. The molecule has 1 N–H and O–H groups in total. The second-order valence-electron chi connectivity index (χ2n) is 6.62. The van der Waals surface area contributed by atoms with Crippen LogP contribution in [0.2, 0.25) is 0 Å². The van der Waals surface area contributed by atoms with E-state index in [-0.39, 0.29) is 24.2 Å². The molecule has 0 unspecified atom stereocenters. The lowest BCUT2D eigenvalue weighted by Gasteiger charge is -2.11. The van der Waals surface area contributed by atoms with E-state index in [4.69, 9.17) is 4.74 Å². The molecule has 1 amide bonds. The molecule has 5 nitrogen and oxygen atoms in total. The summed E-state index contributed by atoms with van der Waals surface area (Å²) in [6.07, 6.45) is 0. The van der Waals surface area contributed by atoms with Gasteiger partial charge >= 0.3 is 5.97 Å². The summed E-state index contributed by atoms with van der Waals surface area (Å²) in [6, 6.07) is 12.9. The molecule has 0 bridgehead atoms. The van der Waals surface area contributed by atoms with Crippen molar-refractivity contribution in [3.8, 4) is 0 Å². The third-order valence-electron chi connectivity index (χ3n) is 4.50. The summed E-state index contributed by atoms with van der Waals surface area (Å²) in [4.78, 5) is 37.2. The largest absolute Gasteiger partial charge is 0.456 e. The molecule has 2 aromatic carbocycles. The van der Waals surface area contributed by atoms with E-state index >= 15 is 0 Å². The Morgan fingerprint density at radius 2 is 1.89 bits per heavy atom. The lowest BCUT2D eigenvalue weighted by molar-refractivity contribution is -0.141. The molecule has 0 aliphatic carbocycles. The first-order valence-corrected chi connectivity index (χ1v) is 9.61. The number of esters is 1. The van der Waals surface area contributed by atoms with Crippen LogP contribution < -0.4 is 5.32 Å². The normalized spacial score (nSPS) is 16.4. The average molecular weight is 383 g/mol. The Balaban J connectivity index is 1.56. The SMILES string of the molecule is Cc1ccc(S[C@H](C)C(=O)OCC(=O)c2ccc3c(c2)[C@@H](C)C(=O)N3)cc1. The molecule has 0 radical (unpaired) electrons. The Morgan fingerprint density at radius 1 is 1.19 bits per heavy atom. The smallest absolute Gasteiger partial charge is 0.319 e. The number of benzene rings is 2. The second kappa shape index (κ2) is 7.96. The number of hydrogen-bond acceptors (Lipinski definition) is 5. The number of aryl methyl sites for hydroxylation is 1. The van der Waals surface area contributed by atoms with Gasteiger partial charge in [-0.3, -0.25) is 14.4 Å². The summed E-state index contributed by atoms with van der Waals surface area (Å²) < 4.78 is 5.19. The van der Waals surface area contributed by atoms with Gasteiger partial charge in [-0.2, -0.15) is 0 Å². The third-order valence-corrected chi connectivity index (χ3v) is 5.59. The maximum Gasteiger partial charge on any atom is 0.319 e. The van der Waals surface area contributed by atoms with E-state index < -0.39 is 11.2 Å². The van der Waals surface area contributed by atoms with E-state index in [9.17, 15) is 14.4 Å². The first-order chi connectivity index (χ1) is 12.8. The monoisotopic (exact) mass is 383 g/mol. The van der Waals surface area contributed by atoms with Gasteiger partial charge in [0.25, 0.3) is 0 Å². The minimum atomic E-state index is -0.430. The Hall–Kier alpha value is -2.60. The number of thioether (sulfide) groups is 1. The van der Waals surface area contributed by atoms with Gasteiger partial charge in [-0.05, 0) is 56.7 Å². The molecule has 3 rings (SSSR count). The predicted octanol–water partition coefficient (Wildman–Crippen LogP) is 3.96. The Kier molecular flexibility index (Phi) is 5.65. The zero-order valence-electron chi connectivity index (χ0n) is 15.4. The van der Waals surface area contributed by atoms with E-state index in [1.165, 1.54) is 11.8 Å². The van der Waals surface area contributed by atoms with E-state index in [0.717, 1.165) is 21.7 Å². The highest BCUT2D eigenvalue weighted by Crippen LogP contribution is 2.32. The topological polar surface area (TPSA) is 72.5 Å². The van der Waals surface area contributed by atoms with Crippen molar-refractivity contribution in [3.05, 3.63) is 59.2 Å². The number of rotatable bonds is 6. The third kappa shape index (κ3) is 4.39. The fourth-order valence-electron chi connectivity index (χ4n) is 2.80. The minimum absolute atomic E-state index is 0.0806. The van der Waals surface area contributed by atoms with Crippen molar-refractivity contribution in [2.45, 2.75) is 36.8 Å². The van der Waals surface area contributed by atoms with Gasteiger partial charge < -0.3 is 10.1 Å². The van der Waals surface area contributed by atoms with Crippen molar-refractivity contribution in [3.63, 3.8) is 0 Å². The number of carbonyl (C=O) groups is 3. The number of anilines is 1. The zero-order valence-corrected chi connectivity index (χ0v) is 16.3. The van der Waals surface area contributed by atoms with Crippen LogP contribution in [0.3, 0.4) is 0 Å². The molecule has 0 saturated heterocycles. The number of ketones is 1. The molecular weight excluding hydrogens is 362 g/mol. The number of ether oxygens (including phenoxy) is 1. The summed E-state index contributed by atoms with van der Waals surface area (Å²) in [5, 5.41) is 2.35. The number of amides is 1. The van der Waals surface area contributed by atoms with Crippen molar-refractivity contribution in [1.29, 1.82) is 0 Å². The summed E-state index contributed by atoms with van der Waals surface area (Å²) in [5.74, 6) is -1.09. The lowest BCUT2D eigenvalue weighted by atomic mass is 9.99. The maximum atomic E-state index is 12.4. The molecule has 0 spiro atoms. The molecule has 6 heteroatoms. The molecule has 0 aromatic heterocycles. The molecule has 2 atom stereocenters. The van der Waals surface area contributed by atoms with Crippen LogP contribution in [-0.2, 0) is 14.3 Å². The summed E-state index contributed by atoms with van der Waals surface area (Å²) in [7, 11) is 0. The van der Waals surface area contributed by atoms with E-state index in [1.807, 2.05) is 31.2 Å². The Labute approximate surface area is 162 Å². The first-order valence-electron chi connectivity index (χ1n) is 8.73. The number of carbonyl (C=O) groups excluding carboxylic acids is 3. The highest BCUT2D eigenvalue weighted by molar-refractivity contribution is 8.00. The maximum absolute atomic E-state index is 12.4. The average Bonchev–Trinajstić information content (AvgIpc) is 2.94. The minimum Gasteiger partial charge on any atom is -0.456 e. The predicted molar refractivity (Wildman–Crippen MR) is 105 cm³/mol. The van der Waals surface area contributed by atoms with Crippen LogP contribution in [0.5, 0.6) is 0 Å². The quantitative estimate of drug-likeness (QED) is 0.464. The number of hydrogen-bond donors (Lipinski definition) is 1. The van der Waals surface area contributed by atoms with E-state index in [2.05, 4.69) is 5.32 Å². The lowest BCUT2D eigenvalue weighted by Crippen LogP contribution is -2.21. The van der Waals surface area contributed by atoms with Crippen LogP contribution in [-0.4, -0.2) is 29.5 Å². The van der Waals surface area contributed by atoms with Gasteiger partial charge in [0.15, 0.2) is 12.4 Å². The summed E-state index contributed by atoms with van der Waals surface area (Å²) >= 11 is 1.39. The van der Waals surface area contributed by atoms with Crippen LogP contribution in [0, 0.1) is 6.92 Å². The van der Waals surface area contributed by atoms with Gasteiger partial charge in [0, 0.05) is 16.1 Å². The van der Waals surface area contributed by atoms with Gasteiger partial charge in [0.1, 0.15) is 5.25 Å². The van der Waals surface area contributed by atoms with Gasteiger partial charge in [-0.1, -0.05) is 17.7 Å². The molecule has 27 heavy (non-hydrogen) atoms. The van der Waals surface area contributed by atoms with Gasteiger partial charge in [0.05, 0.1) is 5.92 Å². The summed E-state index contributed by atoms with van der Waals surface area (Å²) in [6.45, 7) is 5.24. The summed E-state index contributed by atoms with van der Waals surface area (Å²) in [5.41, 5.74) is 3.11. The fraction of sp³-hybridized carbons (Fsp3) is 0.286. The second-order valence-corrected chi connectivity index (χ2v) is 8.03. The standard InChI is InChI=1S/C21H21NO4S/c1-12-4-7-16(8-5-12)27-14(3)21(25)26-11-19(23)15-6-9-18-17(10-15)13(2)20(24)22-18/h4-10,13-14H,11H2,1-3H3,(H,22,24)/t13-,14-/m1/s1. The fourth-order valence-corrected chi connectivity index (χ4v) is 3.66. The van der Waals surface area contributed by atoms with Crippen molar-refractivity contribution >= 4 is 35.1 Å². The van der Waals surface area contributed by atoms with Gasteiger partial charge in [-0.25, -0.2) is 0 Å². The molecule has 140 valence electrons. The van der Waals surface area contributed by atoms with E-state index in [0.29, 0.717) is 5.56 Å². The molecule has 1 aliphatic rings. The van der Waals surface area contributed by atoms with E-state index in [1.54, 1.807) is 32.0 Å². The van der Waals surface area contributed by atoms with Crippen LogP contribution in [0.25, 0.3) is 0 Å². The molecular formula is C21H21NO4S. The van der Waals surface area contributed by atoms with Crippen LogP contribution in [0.15, 0.2) is 47.4 Å². The highest BCUT2D eigenvalue weighted by atomic mass is 32.2. The molecule has 2 aromatic rings. The van der Waals surface area contributed by atoms with Gasteiger partial charge in [0.2, 0.25) is 5.91 Å². The number of fused-ring (bicyclic) bond motifs is 1. The van der Waals surface area contributed by atoms with Crippen molar-refractivity contribution in [1.82, 2.24) is 0 Å². The first kappa shape index (κ1) is 19.2. The Bertz CT molecular complexity index is 892. The van der Waals surface area contributed by atoms with Crippen molar-refractivity contribution in [2.75, 3.05) is 11.9 Å².